The number of nitrogens with one attached hydrogen (secondary N) is 1. The molecule has 0 fully saturated rings. The molecule has 0 aliphatic rings. The summed E-state index contributed by atoms with van der Waals surface area (Å²) in [4.78, 5) is 0. The fraction of sp³-hybridized carbons (Fsp3) is 0.267. The van der Waals surface area contributed by atoms with Crippen molar-refractivity contribution >= 4 is 28.2 Å². The van der Waals surface area contributed by atoms with Crippen molar-refractivity contribution in [1.29, 1.82) is 5.26 Å². The van der Waals surface area contributed by atoms with E-state index in [9.17, 15) is 5.26 Å². The van der Waals surface area contributed by atoms with Crippen molar-refractivity contribution in [3.8, 4) is 6.07 Å². The molecule has 1 heterocycles. The fourth-order valence-electron chi connectivity index (χ4n) is 1.66. The SMILES string of the molecule is C=CCNc1nnc(S[C@H](C#N)Cc2ccc(C)cc2)s1. The Morgan fingerprint density at radius 1 is 1.43 bits per heavy atom. The van der Waals surface area contributed by atoms with Crippen LogP contribution >= 0.6 is 23.1 Å². The molecule has 0 aliphatic heterocycles. The average Bonchev–Trinajstić information content (AvgIpc) is 2.94. The van der Waals surface area contributed by atoms with Gasteiger partial charge in [0.2, 0.25) is 5.13 Å². The first-order chi connectivity index (χ1) is 10.2. The molecular weight excluding hydrogens is 300 g/mol. The number of aromatic nitrogens is 2. The van der Waals surface area contributed by atoms with Gasteiger partial charge in [-0.3, -0.25) is 0 Å². The van der Waals surface area contributed by atoms with Crippen LogP contribution in [0, 0.1) is 18.3 Å². The third-order valence-corrected chi connectivity index (χ3v) is 4.79. The molecule has 2 aromatic rings. The minimum atomic E-state index is -0.159. The zero-order chi connectivity index (χ0) is 15.1. The maximum atomic E-state index is 9.31. The van der Waals surface area contributed by atoms with Crippen molar-refractivity contribution < 1.29 is 0 Å². The van der Waals surface area contributed by atoms with E-state index in [-0.39, 0.29) is 5.25 Å². The molecule has 1 aromatic carbocycles. The number of thioether (sulfide) groups is 1. The number of hydrogen-bond donors (Lipinski definition) is 1. The van der Waals surface area contributed by atoms with Crippen LogP contribution in [0.5, 0.6) is 0 Å². The molecule has 0 bridgehead atoms. The second-order valence-electron chi connectivity index (χ2n) is 4.47. The number of nitriles is 1. The van der Waals surface area contributed by atoms with Crippen LogP contribution in [0.4, 0.5) is 5.13 Å². The van der Waals surface area contributed by atoms with Gasteiger partial charge in [-0.15, -0.1) is 16.8 Å². The summed E-state index contributed by atoms with van der Waals surface area (Å²) >= 11 is 2.92. The van der Waals surface area contributed by atoms with Crippen molar-refractivity contribution in [3.63, 3.8) is 0 Å². The van der Waals surface area contributed by atoms with Gasteiger partial charge in [-0.25, -0.2) is 0 Å². The van der Waals surface area contributed by atoms with Crippen LogP contribution < -0.4 is 5.32 Å². The molecule has 0 amide bonds. The van der Waals surface area contributed by atoms with Crippen molar-refractivity contribution in [3.05, 3.63) is 48.0 Å². The van der Waals surface area contributed by atoms with E-state index in [1.54, 1.807) is 6.08 Å². The highest BCUT2D eigenvalue weighted by atomic mass is 32.2. The summed E-state index contributed by atoms with van der Waals surface area (Å²) < 4.78 is 0.806. The van der Waals surface area contributed by atoms with Crippen LogP contribution in [0.1, 0.15) is 11.1 Å². The number of hydrogen-bond acceptors (Lipinski definition) is 6. The molecule has 0 saturated carbocycles. The summed E-state index contributed by atoms with van der Waals surface area (Å²) in [5, 5.41) is 21.1. The molecule has 4 nitrogen and oxygen atoms in total. The van der Waals surface area contributed by atoms with Gasteiger partial charge in [0.05, 0.1) is 6.07 Å². The first-order valence-electron chi connectivity index (χ1n) is 6.51. The van der Waals surface area contributed by atoms with Crippen LogP contribution in [0.2, 0.25) is 0 Å². The van der Waals surface area contributed by atoms with Crippen LogP contribution in [0.3, 0.4) is 0 Å². The van der Waals surface area contributed by atoms with E-state index in [2.05, 4.69) is 59.4 Å². The van der Waals surface area contributed by atoms with Gasteiger partial charge in [-0.1, -0.05) is 59.0 Å². The summed E-state index contributed by atoms with van der Waals surface area (Å²) in [6.07, 6.45) is 2.47. The molecule has 0 radical (unpaired) electrons. The topological polar surface area (TPSA) is 61.6 Å². The van der Waals surface area contributed by atoms with E-state index in [0.717, 1.165) is 15.0 Å². The molecule has 6 heteroatoms. The van der Waals surface area contributed by atoms with Crippen molar-refractivity contribution in [2.24, 2.45) is 0 Å². The zero-order valence-electron chi connectivity index (χ0n) is 11.7. The number of anilines is 1. The van der Waals surface area contributed by atoms with E-state index in [0.29, 0.717) is 13.0 Å². The lowest BCUT2D eigenvalue weighted by molar-refractivity contribution is 0.987. The molecule has 0 spiro atoms. The normalized spacial score (nSPS) is 11.6. The van der Waals surface area contributed by atoms with Gasteiger partial charge < -0.3 is 5.32 Å². The summed E-state index contributed by atoms with van der Waals surface area (Å²) in [6.45, 7) is 6.35. The molecule has 2 rings (SSSR count). The van der Waals surface area contributed by atoms with Crippen LogP contribution in [-0.4, -0.2) is 22.0 Å². The molecule has 1 aromatic heterocycles. The van der Waals surface area contributed by atoms with E-state index in [1.807, 2.05) is 0 Å². The molecule has 108 valence electrons. The molecule has 0 aliphatic carbocycles. The minimum Gasteiger partial charge on any atom is -0.357 e. The van der Waals surface area contributed by atoms with E-state index < -0.39 is 0 Å². The Labute approximate surface area is 132 Å². The highest BCUT2D eigenvalue weighted by Gasteiger charge is 2.14. The van der Waals surface area contributed by atoms with Gasteiger partial charge >= 0.3 is 0 Å². The fourth-order valence-corrected chi connectivity index (χ4v) is 3.58. The zero-order valence-corrected chi connectivity index (χ0v) is 13.4. The highest BCUT2D eigenvalue weighted by Crippen LogP contribution is 2.30. The number of benzene rings is 1. The second-order valence-corrected chi connectivity index (χ2v) is 6.90. The summed E-state index contributed by atoms with van der Waals surface area (Å²) in [5.41, 5.74) is 2.39. The Morgan fingerprint density at radius 3 is 2.86 bits per heavy atom. The molecule has 0 unspecified atom stereocenters. The smallest absolute Gasteiger partial charge is 0.206 e. The Hall–Kier alpha value is -1.84. The van der Waals surface area contributed by atoms with Crippen LogP contribution in [-0.2, 0) is 6.42 Å². The number of rotatable bonds is 7. The van der Waals surface area contributed by atoms with Crippen molar-refractivity contribution in [2.75, 3.05) is 11.9 Å². The van der Waals surface area contributed by atoms with Gasteiger partial charge in [0.1, 0.15) is 5.25 Å². The van der Waals surface area contributed by atoms with Gasteiger partial charge in [0.15, 0.2) is 4.34 Å². The van der Waals surface area contributed by atoms with Gasteiger partial charge in [-0.05, 0) is 18.9 Å². The monoisotopic (exact) mass is 316 g/mol. The molecule has 21 heavy (non-hydrogen) atoms. The standard InChI is InChI=1S/C15H16N4S2/c1-3-8-17-14-18-19-15(21-14)20-13(10-16)9-12-6-4-11(2)5-7-12/h3-7,13H,1,8-9H2,2H3,(H,17,18)/t13-/m0/s1. The highest BCUT2D eigenvalue weighted by molar-refractivity contribution is 8.01. The maximum Gasteiger partial charge on any atom is 0.206 e. The molecule has 0 saturated heterocycles. The number of nitrogens with zero attached hydrogens (tertiary/aromatic N) is 3. The molecule has 1 N–H and O–H groups in total. The van der Waals surface area contributed by atoms with E-state index in [4.69, 9.17) is 0 Å². The molecule has 1 atom stereocenters. The predicted molar refractivity (Wildman–Crippen MR) is 88.7 cm³/mol. The van der Waals surface area contributed by atoms with Crippen molar-refractivity contribution in [1.82, 2.24) is 10.2 Å². The van der Waals surface area contributed by atoms with Gasteiger partial charge in [0.25, 0.3) is 0 Å². The lowest BCUT2D eigenvalue weighted by Crippen LogP contribution is -2.03. The quantitative estimate of drug-likeness (QED) is 0.624. The predicted octanol–water partition coefficient (Wildman–Crippen LogP) is 3.67. The Morgan fingerprint density at radius 2 is 2.19 bits per heavy atom. The third kappa shape index (κ3) is 4.88. The van der Waals surface area contributed by atoms with E-state index >= 15 is 0 Å². The maximum absolute atomic E-state index is 9.31. The lowest BCUT2D eigenvalue weighted by Gasteiger charge is -2.06. The summed E-state index contributed by atoms with van der Waals surface area (Å²) in [7, 11) is 0. The molecular formula is C15H16N4S2. The number of aryl methyl sites for hydroxylation is 1. The lowest BCUT2D eigenvalue weighted by atomic mass is 10.1. The van der Waals surface area contributed by atoms with E-state index in [1.165, 1.54) is 28.7 Å². The van der Waals surface area contributed by atoms with Crippen LogP contribution in [0.15, 0.2) is 41.3 Å². The van der Waals surface area contributed by atoms with Gasteiger partial charge in [-0.2, -0.15) is 5.26 Å². The second kappa shape index (κ2) is 7.81. The Bertz CT molecular complexity index is 628. The van der Waals surface area contributed by atoms with Gasteiger partial charge in [0, 0.05) is 6.54 Å². The Kier molecular flexibility index (Phi) is 5.78. The van der Waals surface area contributed by atoms with Crippen molar-refractivity contribution in [2.45, 2.75) is 22.9 Å². The first kappa shape index (κ1) is 15.5. The Balaban J connectivity index is 1.95. The average molecular weight is 316 g/mol. The summed E-state index contributed by atoms with van der Waals surface area (Å²) in [5.74, 6) is 0. The minimum absolute atomic E-state index is 0.159. The first-order valence-corrected chi connectivity index (χ1v) is 8.21. The van der Waals surface area contributed by atoms with Crippen LogP contribution in [0.25, 0.3) is 0 Å². The largest absolute Gasteiger partial charge is 0.357 e. The summed E-state index contributed by atoms with van der Waals surface area (Å²) in [6, 6.07) is 10.6. The third-order valence-electron chi connectivity index (χ3n) is 2.73.